The lowest BCUT2D eigenvalue weighted by molar-refractivity contribution is 0.217. The summed E-state index contributed by atoms with van der Waals surface area (Å²) in [6.45, 7) is 0. The van der Waals surface area contributed by atoms with Crippen LogP contribution < -0.4 is 0 Å². The third kappa shape index (κ3) is 4.71. The number of nitrogens with zero attached hydrogens (tertiary/aromatic N) is 6. The average molecular weight is 676 g/mol. The second-order valence-electron chi connectivity index (χ2n) is 9.53. The zero-order chi connectivity index (χ0) is 36.1. The van der Waals surface area contributed by atoms with Gasteiger partial charge in [-0.1, -0.05) is 0 Å². The van der Waals surface area contributed by atoms with E-state index in [9.17, 15) is 42.1 Å². The second kappa shape index (κ2) is 12.4. The Morgan fingerprint density at radius 2 is 0.958 bits per heavy atom. The van der Waals surface area contributed by atoms with Crippen molar-refractivity contribution in [1.29, 1.82) is 31.6 Å². The first-order valence-corrected chi connectivity index (χ1v) is 12.3. The van der Waals surface area contributed by atoms with E-state index in [-0.39, 0.29) is 0 Å². The van der Waals surface area contributed by atoms with Gasteiger partial charge in [-0.15, -0.1) is 0 Å². The Balaban J connectivity index is 2.24. The molecule has 2 aromatic carbocycles. The standard InChI is InChI=1S/C30H4F12N6/c31-19-10(4-46)20(32)26(38)16(25(19)37)7(1-43)13-14(8(2-44)17-27(39)21(33)11(5-47)22(34)28(17)40)15(13)9(3-45)18-29(41)23(35)12(6-48)24(36)30(18)42/h7,13,21,27H/b14-8?,15-9+. The third-order valence-corrected chi connectivity index (χ3v) is 7.27. The minimum absolute atomic E-state index is 0.780. The van der Waals surface area contributed by atoms with Crippen molar-refractivity contribution in [3.63, 3.8) is 0 Å². The topological polar surface area (TPSA) is 143 Å². The second-order valence-corrected chi connectivity index (χ2v) is 9.53. The molecule has 18 heteroatoms. The van der Waals surface area contributed by atoms with Crippen LogP contribution in [-0.4, -0.2) is 12.3 Å². The SMILES string of the molecule is N#CC(C1=C(F)C(F)=C(C#N)C(F)C1F)=C1/C(=C(\C#N)c2c(F)c(F)c(C#N)c(F)c2F)C1C(C#N)c1c(F)c(F)c(C#N)c(F)c1F. The third-order valence-electron chi connectivity index (χ3n) is 7.27. The predicted molar refractivity (Wildman–Crippen MR) is 131 cm³/mol. The summed E-state index contributed by atoms with van der Waals surface area (Å²) in [5.74, 6) is -29.7. The fourth-order valence-electron chi connectivity index (χ4n) is 5.07. The summed E-state index contributed by atoms with van der Waals surface area (Å²) < 4.78 is 178. The van der Waals surface area contributed by atoms with Crippen molar-refractivity contribution in [2.75, 3.05) is 0 Å². The van der Waals surface area contributed by atoms with Crippen LogP contribution in [0.15, 0.2) is 39.5 Å². The number of nitriles is 6. The van der Waals surface area contributed by atoms with Gasteiger partial charge in [-0.3, -0.25) is 0 Å². The molecule has 2 aliphatic rings. The van der Waals surface area contributed by atoms with Gasteiger partial charge >= 0.3 is 0 Å². The summed E-state index contributed by atoms with van der Waals surface area (Å²) in [5, 5.41) is 56.1. The lowest BCUT2D eigenvalue weighted by Crippen LogP contribution is -2.28. The molecule has 238 valence electrons. The molecule has 1 fully saturated rings. The number of rotatable bonds is 4. The van der Waals surface area contributed by atoms with Gasteiger partial charge in [0.25, 0.3) is 0 Å². The van der Waals surface area contributed by atoms with Crippen molar-refractivity contribution in [3.8, 4) is 36.4 Å². The molecule has 0 aromatic heterocycles. The zero-order valence-corrected chi connectivity index (χ0v) is 22.5. The van der Waals surface area contributed by atoms with Crippen molar-refractivity contribution in [2.24, 2.45) is 5.92 Å². The molecule has 2 aromatic rings. The van der Waals surface area contributed by atoms with E-state index in [1.807, 2.05) is 0 Å². The van der Waals surface area contributed by atoms with E-state index < -0.39 is 138 Å². The Morgan fingerprint density at radius 3 is 1.35 bits per heavy atom. The first-order valence-electron chi connectivity index (χ1n) is 12.3. The van der Waals surface area contributed by atoms with E-state index >= 15 is 26.3 Å². The summed E-state index contributed by atoms with van der Waals surface area (Å²) in [6, 6.07) is 5.51. The van der Waals surface area contributed by atoms with Gasteiger partial charge in [0.15, 0.2) is 70.5 Å². The maximum Gasteiger partial charge on any atom is 0.180 e. The van der Waals surface area contributed by atoms with Gasteiger partial charge in [-0.05, 0) is 11.1 Å². The Kier molecular flexibility index (Phi) is 8.85. The minimum atomic E-state index is -3.47. The summed E-state index contributed by atoms with van der Waals surface area (Å²) in [7, 11) is 0. The van der Waals surface area contributed by atoms with Crippen molar-refractivity contribution in [1.82, 2.24) is 0 Å². The van der Waals surface area contributed by atoms with Crippen LogP contribution in [-0.2, 0) is 0 Å². The Labute approximate surface area is 259 Å². The molecule has 0 N–H and O–H groups in total. The monoisotopic (exact) mass is 676 g/mol. The fourth-order valence-corrected chi connectivity index (χ4v) is 5.07. The first-order chi connectivity index (χ1) is 22.6. The van der Waals surface area contributed by atoms with Gasteiger partial charge in [0.1, 0.15) is 41.0 Å². The summed E-state index contributed by atoms with van der Waals surface area (Å²) in [6.07, 6.45) is -6.81. The molecule has 0 saturated heterocycles. The quantitative estimate of drug-likeness (QED) is 0.190. The smallest absolute Gasteiger partial charge is 0.180 e. The van der Waals surface area contributed by atoms with Crippen LogP contribution in [0.1, 0.15) is 28.2 Å². The number of alkyl halides is 2. The minimum Gasteiger partial charge on any atom is -0.238 e. The highest BCUT2D eigenvalue weighted by Crippen LogP contribution is 2.60. The van der Waals surface area contributed by atoms with Gasteiger partial charge in [0.05, 0.1) is 34.8 Å². The van der Waals surface area contributed by atoms with Crippen LogP contribution in [0.3, 0.4) is 0 Å². The summed E-state index contributed by atoms with van der Waals surface area (Å²) in [5.41, 5.74) is -17.3. The maximum atomic E-state index is 15.2. The largest absolute Gasteiger partial charge is 0.238 e. The number of benzene rings is 2. The van der Waals surface area contributed by atoms with E-state index in [2.05, 4.69) is 0 Å². The van der Waals surface area contributed by atoms with E-state index in [0.717, 1.165) is 36.4 Å². The van der Waals surface area contributed by atoms with E-state index in [1.165, 1.54) is 0 Å². The number of allylic oxidation sites excluding steroid dienone is 8. The highest BCUT2D eigenvalue weighted by atomic mass is 19.2. The zero-order valence-electron chi connectivity index (χ0n) is 22.5. The van der Waals surface area contributed by atoms with Crippen molar-refractivity contribution in [3.05, 3.63) is 108 Å². The molecule has 0 radical (unpaired) electrons. The van der Waals surface area contributed by atoms with Crippen molar-refractivity contribution >= 4 is 5.57 Å². The van der Waals surface area contributed by atoms with E-state index in [0.29, 0.717) is 0 Å². The van der Waals surface area contributed by atoms with E-state index in [1.54, 1.807) is 0 Å². The molecule has 1 saturated carbocycles. The highest BCUT2D eigenvalue weighted by molar-refractivity contribution is 5.91. The molecule has 0 heterocycles. The molecule has 0 amide bonds. The van der Waals surface area contributed by atoms with Crippen LogP contribution >= 0.6 is 0 Å². The lowest BCUT2D eigenvalue weighted by atomic mass is 9.87. The maximum absolute atomic E-state index is 15.2. The van der Waals surface area contributed by atoms with Crippen LogP contribution in [0, 0.1) is 120 Å². The molecule has 4 unspecified atom stereocenters. The summed E-state index contributed by atoms with van der Waals surface area (Å²) >= 11 is 0. The predicted octanol–water partition coefficient (Wildman–Crippen LogP) is 7.24. The van der Waals surface area contributed by atoms with Crippen molar-refractivity contribution < 1.29 is 52.7 Å². The average Bonchev–Trinajstić information content (AvgIpc) is 3.78. The molecule has 0 aliphatic heterocycles. The van der Waals surface area contributed by atoms with Crippen LogP contribution in [0.5, 0.6) is 0 Å². The van der Waals surface area contributed by atoms with Gasteiger partial charge in [-0.2, -0.15) is 31.6 Å². The molecule has 4 rings (SSSR count). The van der Waals surface area contributed by atoms with Crippen molar-refractivity contribution in [2.45, 2.75) is 18.3 Å². The van der Waals surface area contributed by atoms with Gasteiger partial charge in [-0.25, -0.2) is 52.7 Å². The molecule has 48 heavy (non-hydrogen) atoms. The Bertz CT molecular complexity index is 2200. The number of hydrogen-bond acceptors (Lipinski definition) is 6. The number of halogens is 12. The molecule has 4 atom stereocenters. The Morgan fingerprint density at radius 1 is 0.521 bits per heavy atom. The van der Waals surface area contributed by atoms with Gasteiger partial charge in [0, 0.05) is 17.1 Å². The molecule has 2 aliphatic carbocycles. The molecule has 0 bridgehead atoms. The Hall–Kier alpha value is -6.50. The van der Waals surface area contributed by atoms with Crippen LogP contribution in [0.25, 0.3) is 5.57 Å². The fraction of sp³-hybridized carbons (Fsp3) is 0.133. The molecule has 0 spiro atoms. The summed E-state index contributed by atoms with van der Waals surface area (Å²) in [4.78, 5) is 0. The lowest BCUT2D eigenvalue weighted by Gasteiger charge is -2.21. The number of hydrogen-bond donors (Lipinski definition) is 0. The molecular weight excluding hydrogens is 672 g/mol. The molecular formula is C30H4F12N6. The van der Waals surface area contributed by atoms with Crippen LogP contribution in [0.4, 0.5) is 52.7 Å². The normalized spacial score (nSPS) is 21.2. The van der Waals surface area contributed by atoms with E-state index in [4.69, 9.17) is 15.8 Å². The van der Waals surface area contributed by atoms with Gasteiger partial charge < -0.3 is 0 Å². The van der Waals surface area contributed by atoms with Gasteiger partial charge in [0.2, 0.25) is 0 Å². The first kappa shape index (κ1) is 34.4. The van der Waals surface area contributed by atoms with Crippen LogP contribution in [0.2, 0.25) is 0 Å². The highest BCUT2D eigenvalue weighted by Gasteiger charge is 2.54. The molecule has 6 nitrogen and oxygen atoms in total.